The van der Waals surface area contributed by atoms with Crippen molar-refractivity contribution in [3.63, 3.8) is 0 Å². The molecule has 0 spiro atoms. The number of ether oxygens (including phenoxy) is 4. The standard InChI is InChI=1S/C59H92O12S/c1-3-5-7-9-11-13-15-17-19-21-23-25-27-28-30-32-34-36-38-40-42-44-46-48-55(61)69-53(52-68-59-57(63)58(71-72(64,65)66)56(62)54(50-60)70-59)51-67-49-47-45-43-41-39-37-35-33-31-29-26-24-22-20-18-16-14-12-10-8-6-4-2/h5-8,11-14,17-20,23-26,28,30-31,33-34,36-37,39,53-54,56-60,62-63H,3-4,9-10,15-16,21-22,27,29,32,35,38,40-52H2,1-2H3,(H,64,65,66)/b7-5-,8-6-,13-11-,14-12-,19-17-,20-18-,25-23-,26-24-,30-28-,33-31-,36-34-,39-37-. The first-order chi connectivity index (χ1) is 35.1. The van der Waals surface area contributed by atoms with E-state index in [4.69, 9.17) is 18.9 Å². The van der Waals surface area contributed by atoms with E-state index in [0.717, 1.165) is 128 Å². The molecule has 13 heteroatoms. The van der Waals surface area contributed by atoms with Crippen LogP contribution in [0, 0.1) is 0 Å². The van der Waals surface area contributed by atoms with Gasteiger partial charge in [-0.25, -0.2) is 4.18 Å². The van der Waals surface area contributed by atoms with Crippen molar-refractivity contribution in [3.05, 3.63) is 146 Å². The van der Waals surface area contributed by atoms with E-state index in [-0.39, 0.29) is 19.6 Å². The first-order valence-corrected chi connectivity index (χ1v) is 28.0. The van der Waals surface area contributed by atoms with Gasteiger partial charge in [-0.2, -0.15) is 8.42 Å². The van der Waals surface area contributed by atoms with E-state index >= 15 is 0 Å². The molecule has 0 bridgehead atoms. The third kappa shape index (κ3) is 40.5. The maximum atomic E-state index is 12.9. The highest BCUT2D eigenvalue weighted by molar-refractivity contribution is 7.80. The largest absolute Gasteiger partial charge is 0.457 e. The molecule has 0 aliphatic carbocycles. The van der Waals surface area contributed by atoms with Crippen molar-refractivity contribution in [1.82, 2.24) is 0 Å². The SMILES string of the molecule is CC/C=C\C/C=C\C/C=C\C/C=C\C/C=C\C/C=C\CCCCCCC(=O)OC(COCCCCC/C=C\C/C=C\C/C=C\C/C=C\C/C=C\C/C=C\CC)COC1OC(CO)C(O)C(OS(=O)(=O)O)C1O. The smallest absolute Gasteiger partial charge is 0.397 e. The van der Waals surface area contributed by atoms with Crippen LogP contribution in [-0.4, -0.2) is 97.5 Å². The van der Waals surface area contributed by atoms with Crippen LogP contribution in [0.2, 0.25) is 0 Å². The fraction of sp³-hybridized carbons (Fsp3) is 0.576. The first-order valence-electron chi connectivity index (χ1n) is 26.6. The molecule has 406 valence electrons. The molecule has 72 heavy (non-hydrogen) atoms. The summed E-state index contributed by atoms with van der Waals surface area (Å²) < 4.78 is 59.3. The summed E-state index contributed by atoms with van der Waals surface area (Å²) in [6, 6.07) is 0. The van der Waals surface area contributed by atoms with Gasteiger partial charge in [-0.3, -0.25) is 9.35 Å². The summed E-state index contributed by atoms with van der Waals surface area (Å²) in [7, 11) is -5.09. The molecule has 0 aromatic rings. The number of unbranched alkanes of at least 4 members (excludes halogenated alkanes) is 7. The van der Waals surface area contributed by atoms with Crippen molar-refractivity contribution in [1.29, 1.82) is 0 Å². The third-order valence-corrected chi connectivity index (χ3v) is 11.4. The Morgan fingerprint density at radius 3 is 1.32 bits per heavy atom. The second-order valence-electron chi connectivity index (χ2n) is 17.3. The normalized spacial score (nSPS) is 20.1. The first kappa shape index (κ1) is 66.0. The molecule has 6 atom stereocenters. The van der Waals surface area contributed by atoms with E-state index < -0.39 is 59.8 Å². The third-order valence-electron chi connectivity index (χ3n) is 11.0. The Hall–Kier alpha value is -4.02. The molecule has 0 saturated carbocycles. The minimum atomic E-state index is -5.09. The molecule has 1 aliphatic rings. The fourth-order valence-corrected chi connectivity index (χ4v) is 7.54. The van der Waals surface area contributed by atoms with Crippen molar-refractivity contribution in [2.75, 3.05) is 26.4 Å². The van der Waals surface area contributed by atoms with Crippen molar-refractivity contribution < 1.29 is 56.2 Å². The lowest BCUT2D eigenvalue weighted by Crippen LogP contribution is -2.60. The van der Waals surface area contributed by atoms with E-state index in [1.807, 2.05) is 0 Å². The van der Waals surface area contributed by atoms with Crippen LogP contribution in [0.3, 0.4) is 0 Å². The minimum Gasteiger partial charge on any atom is -0.457 e. The van der Waals surface area contributed by atoms with Crippen LogP contribution in [0.5, 0.6) is 0 Å². The quantitative estimate of drug-likeness (QED) is 0.0197. The number of allylic oxidation sites excluding steroid dienone is 24. The van der Waals surface area contributed by atoms with E-state index in [1.54, 1.807) is 0 Å². The molecular formula is C59H92O12S. The Bertz CT molecular complexity index is 1800. The highest BCUT2D eigenvalue weighted by Gasteiger charge is 2.48. The van der Waals surface area contributed by atoms with Gasteiger partial charge >= 0.3 is 16.4 Å². The second-order valence-corrected chi connectivity index (χ2v) is 18.4. The molecule has 4 N–H and O–H groups in total. The Morgan fingerprint density at radius 1 is 0.528 bits per heavy atom. The van der Waals surface area contributed by atoms with Gasteiger partial charge in [0.2, 0.25) is 0 Å². The van der Waals surface area contributed by atoms with Crippen molar-refractivity contribution in [3.8, 4) is 0 Å². The van der Waals surface area contributed by atoms with Gasteiger partial charge in [0.05, 0.1) is 19.8 Å². The van der Waals surface area contributed by atoms with E-state index in [2.05, 4.69) is 164 Å². The Morgan fingerprint density at radius 2 is 0.917 bits per heavy atom. The number of rotatable bonds is 44. The molecule has 0 aromatic heterocycles. The molecule has 0 amide bonds. The van der Waals surface area contributed by atoms with E-state index in [0.29, 0.717) is 13.0 Å². The molecule has 1 saturated heterocycles. The summed E-state index contributed by atoms with van der Waals surface area (Å²) in [5, 5.41) is 30.8. The number of esters is 1. The molecule has 1 heterocycles. The number of hydrogen-bond acceptors (Lipinski definition) is 11. The number of carbonyl (C=O) groups is 1. The number of carbonyl (C=O) groups excluding carboxylic acids is 1. The van der Waals surface area contributed by atoms with Crippen LogP contribution >= 0.6 is 0 Å². The fourth-order valence-electron chi connectivity index (χ4n) is 7.03. The number of hydrogen-bond donors (Lipinski definition) is 4. The highest BCUT2D eigenvalue weighted by atomic mass is 32.3. The molecule has 1 aliphatic heterocycles. The van der Waals surface area contributed by atoms with Gasteiger partial charge in [0.25, 0.3) is 0 Å². The predicted octanol–water partition coefficient (Wildman–Crippen LogP) is 12.9. The van der Waals surface area contributed by atoms with Crippen molar-refractivity contribution in [2.45, 2.75) is 192 Å². The summed E-state index contributed by atoms with van der Waals surface area (Å²) in [5.74, 6) is -0.443. The summed E-state index contributed by atoms with van der Waals surface area (Å²) in [5.41, 5.74) is 0. The molecular weight excluding hydrogens is 933 g/mol. The van der Waals surface area contributed by atoms with Gasteiger partial charge in [0.15, 0.2) is 6.29 Å². The Balaban J connectivity index is 2.43. The number of aliphatic hydroxyl groups is 3. The lowest BCUT2D eigenvalue weighted by Gasteiger charge is -2.41. The summed E-state index contributed by atoms with van der Waals surface area (Å²) in [4.78, 5) is 12.9. The van der Waals surface area contributed by atoms with E-state index in [1.165, 1.54) is 0 Å². The van der Waals surface area contributed by atoms with Crippen LogP contribution in [0.15, 0.2) is 146 Å². The van der Waals surface area contributed by atoms with Crippen molar-refractivity contribution >= 4 is 16.4 Å². The van der Waals surface area contributed by atoms with Crippen LogP contribution in [0.1, 0.15) is 155 Å². The van der Waals surface area contributed by atoms with Gasteiger partial charge in [-0.15, -0.1) is 0 Å². The van der Waals surface area contributed by atoms with Crippen LogP contribution in [-0.2, 0) is 38.3 Å². The average Bonchev–Trinajstić information content (AvgIpc) is 3.36. The second kappa shape index (κ2) is 48.0. The maximum absolute atomic E-state index is 12.9. The molecule has 12 nitrogen and oxygen atoms in total. The summed E-state index contributed by atoms with van der Waals surface area (Å²) in [6.07, 6.45) is 63.0. The van der Waals surface area contributed by atoms with Crippen LogP contribution < -0.4 is 0 Å². The predicted molar refractivity (Wildman–Crippen MR) is 293 cm³/mol. The zero-order valence-electron chi connectivity index (χ0n) is 43.7. The van der Waals surface area contributed by atoms with Gasteiger partial charge in [-0.05, 0) is 116 Å². The van der Waals surface area contributed by atoms with Crippen LogP contribution in [0.25, 0.3) is 0 Å². The Kier molecular flexibility index (Phi) is 44.0. The van der Waals surface area contributed by atoms with Gasteiger partial charge < -0.3 is 34.3 Å². The van der Waals surface area contributed by atoms with Gasteiger partial charge in [-0.1, -0.05) is 179 Å². The maximum Gasteiger partial charge on any atom is 0.397 e. The zero-order valence-corrected chi connectivity index (χ0v) is 44.5. The highest BCUT2D eigenvalue weighted by Crippen LogP contribution is 2.26. The van der Waals surface area contributed by atoms with E-state index in [9.17, 15) is 33.1 Å². The topological polar surface area (TPSA) is 178 Å². The lowest BCUT2D eigenvalue weighted by atomic mass is 9.99. The molecule has 1 fully saturated rings. The van der Waals surface area contributed by atoms with Crippen LogP contribution in [0.4, 0.5) is 0 Å². The monoisotopic (exact) mass is 1020 g/mol. The van der Waals surface area contributed by atoms with Gasteiger partial charge in [0, 0.05) is 13.0 Å². The molecule has 0 radical (unpaired) electrons. The zero-order chi connectivity index (χ0) is 52.4. The molecule has 0 aromatic carbocycles. The minimum absolute atomic E-state index is 0.00926. The summed E-state index contributed by atoms with van der Waals surface area (Å²) in [6.45, 7) is 3.62. The summed E-state index contributed by atoms with van der Waals surface area (Å²) >= 11 is 0. The Labute approximate surface area is 435 Å². The number of aliphatic hydroxyl groups excluding tert-OH is 3. The van der Waals surface area contributed by atoms with Crippen molar-refractivity contribution in [2.24, 2.45) is 0 Å². The average molecular weight is 1030 g/mol. The lowest BCUT2D eigenvalue weighted by molar-refractivity contribution is -0.301. The van der Waals surface area contributed by atoms with Gasteiger partial charge in [0.1, 0.15) is 30.5 Å². The molecule has 6 unspecified atom stereocenters. The molecule has 1 rings (SSSR count).